The Bertz CT molecular complexity index is 1040. The molecule has 12 heteroatoms. The third-order valence-corrected chi connectivity index (χ3v) is 3.69. The molecule has 29 heavy (non-hydrogen) atoms. The van der Waals surface area contributed by atoms with Crippen LogP contribution in [-0.2, 0) is 6.18 Å². The molecule has 3 rings (SSSR count). The monoisotopic (exact) mass is 416 g/mol. The molecule has 2 aromatic carbocycles. The predicted molar refractivity (Wildman–Crippen MR) is 87.2 cm³/mol. The first-order valence-corrected chi connectivity index (χ1v) is 7.75. The second-order valence-corrected chi connectivity index (χ2v) is 5.60. The number of amides is 1. The van der Waals surface area contributed by atoms with Crippen LogP contribution in [0.1, 0.15) is 16.2 Å². The number of aromatic nitrogens is 3. The summed E-state index contributed by atoms with van der Waals surface area (Å²) in [6.45, 7) is 0. The van der Waals surface area contributed by atoms with Crippen molar-refractivity contribution in [3.05, 3.63) is 65.2 Å². The van der Waals surface area contributed by atoms with Gasteiger partial charge in [0.2, 0.25) is 0 Å². The van der Waals surface area contributed by atoms with E-state index in [4.69, 9.17) is 0 Å². The summed E-state index contributed by atoms with van der Waals surface area (Å²) in [4.78, 5) is 12.3. The SMILES string of the molecule is COc1c(F)cc(NC(=O)c2nnn(-c3ccc(F)cc3)c2C(F)(F)F)cc1F. The van der Waals surface area contributed by atoms with Gasteiger partial charge >= 0.3 is 6.18 Å². The first-order valence-electron chi connectivity index (χ1n) is 7.75. The number of hydrogen-bond donors (Lipinski definition) is 1. The zero-order valence-corrected chi connectivity index (χ0v) is 14.4. The Morgan fingerprint density at radius 3 is 2.17 bits per heavy atom. The molecule has 0 radical (unpaired) electrons. The van der Waals surface area contributed by atoms with Gasteiger partial charge in [-0.15, -0.1) is 5.10 Å². The predicted octanol–water partition coefficient (Wildman–Crippen LogP) is 3.96. The van der Waals surface area contributed by atoms with Crippen LogP contribution in [0.5, 0.6) is 5.75 Å². The second-order valence-electron chi connectivity index (χ2n) is 5.60. The summed E-state index contributed by atoms with van der Waals surface area (Å²) in [7, 11) is 1.02. The van der Waals surface area contributed by atoms with E-state index in [9.17, 15) is 31.1 Å². The molecule has 0 bridgehead atoms. The van der Waals surface area contributed by atoms with Crippen molar-refractivity contribution in [2.75, 3.05) is 12.4 Å². The van der Waals surface area contributed by atoms with Gasteiger partial charge in [0.25, 0.3) is 5.91 Å². The van der Waals surface area contributed by atoms with Crippen LogP contribution in [0.25, 0.3) is 5.69 Å². The molecule has 0 spiro atoms. The highest BCUT2D eigenvalue weighted by Gasteiger charge is 2.42. The van der Waals surface area contributed by atoms with Gasteiger partial charge in [-0.1, -0.05) is 5.21 Å². The second kappa shape index (κ2) is 7.45. The van der Waals surface area contributed by atoms with Crippen molar-refractivity contribution in [1.82, 2.24) is 15.0 Å². The van der Waals surface area contributed by atoms with Crippen molar-refractivity contribution in [3.8, 4) is 11.4 Å². The van der Waals surface area contributed by atoms with Crippen LogP contribution in [0.15, 0.2) is 36.4 Å². The third kappa shape index (κ3) is 4.00. The number of rotatable bonds is 4. The molecule has 1 aromatic heterocycles. The zero-order chi connectivity index (χ0) is 21.3. The fourth-order valence-electron chi connectivity index (χ4n) is 2.47. The third-order valence-electron chi connectivity index (χ3n) is 3.69. The van der Waals surface area contributed by atoms with E-state index in [0.29, 0.717) is 16.8 Å². The van der Waals surface area contributed by atoms with E-state index in [1.165, 1.54) is 0 Å². The maximum atomic E-state index is 13.7. The maximum Gasteiger partial charge on any atom is 0.435 e. The molecule has 6 nitrogen and oxygen atoms in total. The van der Waals surface area contributed by atoms with Crippen molar-refractivity contribution in [1.29, 1.82) is 0 Å². The molecule has 0 aliphatic carbocycles. The minimum Gasteiger partial charge on any atom is -0.491 e. The van der Waals surface area contributed by atoms with Crippen LogP contribution in [0.2, 0.25) is 0 Å². The lowest BCUT2D eigenvalue weighted by atomic mass is 10.2. The molecule has 1 amide bonds. The van der Waals surface area contributed by atoms with E-state index >= 15 is 0 Å². The first kappa shape index (κ1) is 20.2. The molecule has 0 saturated carbocycles. The molecule has 1 N–H and O–H groups in total. The van der Waals surface area contributed by atoms with Crippen molar-refractivity contribution < 1.29 is 35.9 Å². The Morgan fingerprint density at radius 1 is 1.07 bits per heavy atom. The largest absolute Gasteiger partial charge is 0.491 e. The van der Waals surface area contributed by atoms with Crippen molar-refractivity contribution in [3.63, 3.8) is 0 Å². The Morgan fingerprint density at radius 2 is 1.66 bits per heavy atom. The van der Waals surface area contributed by atoms with Gasteiger partial charge in [-0.25, -0.2) is 17.9 Å². The summed E-state index contributed by atoms with van der Waals surface area (Å²) in [6, 6.07) is 5.15. The molecule has 152 valence electrons. The van der Waals surface area contributed by atoms with E-state index in [1.54, 1.807) is 0 Å². The van der Waals surface area contributed by atoms with E-state index in [1.807, 2.05) is 5.32 Å². The highest BCUT2D eigenvalue weighted by Crippen LogP contribution is 2.33. The molecule has 0 atom stereocenters. The quantitative estimate of drug-likeness (QED) is 0.654. The lowest BCUT2D eigenvalue weighted by Gasteiger charge is -2.12. The number of nitrogens with zero attached hydrogens (tertiary/aromatic N) is 3. The molecule has 3 aromatic rings. The van der Waals surface area contributed by atoms with E-state index in [0.717, 1.165) is 31.4 Å². The van der Waals surface area contributed by atoms with E-state index in [-0.39, 0.29) is 5.69 Å². The summed E-state index contributed by atoms with van der Waals surface area (Å²) < 4.78 is 85.9. The van der Waals surface area contributed by atoms with Gasteiger partial charge in [0.05, 0.1) is 12.8 Å². The van der Waals surface area contributed by atoms with Crippen molar-refractivity contribution in [2.24, 2.45) is 0 Å². The molecular weight excluding hydrogens is 406 g/mol. The number of halogens is 6. The molecule has 0 aliphatic heterocycles. The lowest BCUT2D eigenvalue weighted by molar-refractivity contribution is -0.143. The van der Waals surface area contributed by atoms with Crippen LogP contribution >= 0.6 is 0 Å². The molecule has 0 unspecified atom stereocenters. The fraction of sp³-hybridized carbons (Fsp3) is 0.118. The van der Waals surface area contributed by atoms with Crippen LogP contribution < -0.4 is 10.1 Å². The van der Waals surface area contributed by atoms with Gasteiger partial charge in [-0.05, 0) is 24.3 Å². The van der Waals surface area contributed by atoms with Crippen LogP contribution in [0.4, 0.5) is 32.0 Å². The molecule has 0 saturated heterocycles. The molecule has 0 aliphatic rings. The Hall–Kier alpha value is -3.57. The lowest BCUT2D eigenvalue weighted by Crippen LogP contribution is -2.21. The zero-order valence-electron chi connectivity index (χ0n) is 14.4. The smallest absolute Gasteiger partial charge is 0.435 e. The number of carbonyl (C=O) groups excluding carboxylic acids is 1. The highest BCUT2D eigenvalue weighted by molar-refractivity contribution is 6.03. The fourth-order valence-corrected chi connectivity index (χ4v) is 2.47. The van der Waals surface area contributed by atoms with Gasteiger partial charge in [0.1, 0.15) is 5.82 Å². The summed E-state index contributed by atoms with van der Waals surface area (Å²) in [5.74, 6) is -5.16. The standard InChI is InChI=1S/C17H10F6N4O2/c1-29-14-11(19)6-9(7-12(14)20)24-16(28)13-15(17(21,22)23)27(26-25-13)10-4-2-8(18)3-5-10/h2-7H,1H3,(H,24,28). The summed E-state index contributed by atoms with van der Waals surface area (Å²) in [5, 5.41) is 8.46. The number of carbonyl (C=O) groups is 1. The van der Waals surface area contributed by atoms with Crippen LogP contribution in [0.3, 0.4) is 0 Å². The average molecular weight is 416 g/mol. The van der Waals surface area contributed by atoms with Gasteiger partial charge in [0.15, 0.2) is 28.8 Å². The number of alkyl halides is 3. The van der Waals surface area contributed by atoms with Crippen LogP contribution in [0, 0.1) is 17.5 Å². The number of ether oxygens (including phenoxy) is 1. The Balaban J connectivity index is 2.00. The van der Waals surface area contributed by atoms with Gasteiger partial charge < -0.3 is 10.1 Å². The average Bonchev–Trinajstić information content (AvgIpc) is 3.08. The summed E-state index contributed by atoms with van der Waals surface area (Å²) in [6.07, 6.45) is -5.07. The molecular formula is C17H10F6N4O2. The van der Waals surface area contributed by atoms with Gasteiger partial charge in [0, 0.05) is 17.8 Å². The highest BCUT2D eigenvalue weighted by atomic mass is 19.4. The van der Waals surface area contributed by atoms with Gasteiger partial charge in [-0.3, -0.25) is 4.79 Å². The summed E-state index contributed by atoms with van der Waals surface area (Å²) in [5.41, 5.74) is -3.35. The molecule has 1 heterocycles. The van der Waals surface area contributed by atoms with Crippen LogP contribution in [-0.4, -0.2) is 28.0 Å². The number of anilines is 1. The van der Waals surface area contributed by atoms with Crippen molar-refractivity contribution >= 4 is 11.6 Å². The Kier molecular flexibility index (Phi) is 5.18. The van der Waals surface area contributed by atoms with Gasteiger partial charge in [-0.2, -0.15) is 13.2 Å². The Labute approximate surface area is 158 Å². The van der Waals surface area contributed by atoms with Crippen molar-refractivity contribution in [2.45, 2.75) is 6.18 Å². The number of nitrogens with one attached hydrogen (secondary N) is 1. The van der Waals surface area contributed by atoms with E-state index < -0.39 is 52.4 Å². The topological polar surface area (TPSA) is 69.0 Å². The minimum atomic E-state index is -5.07. The minimum absolute atomic E-state index is 0.202. The number of benzene rings is 2. The normalized spacial score (nSPS) is 11.4. The maximum absolute atomic E-state index is 13.7. The van der Waals surface area contributed by atoms with E-state index in [2.05, 4.69) is 15.0 Å². The molecule has 0 fully saturated rings. The summed E-state index contributed by atoms with van der Waals surface area (Å²) >= 11 is 0. The first-order chi connectivity index (χ1) is 13.6. The number of methoxy groups -OCH3 is 1. The number of hydrogen-bond acceptors (Lipinski definition) is 4.